The molecule has 1 saturated carbocycles. The van der Waals surface area contributed by atoms with Gasteiger partial charge in [-0.05, 0) is 57.2 Å². The van der Waals surface area contributed by atoms with Gasteiger partial charge in [0.2, 0.25) is 5.91 Å². The quantitative estimate of drug-likeness (QED) is 0.167. The molecule has 59 heavy (non-hydrogen) atoms. The molecular formula is C32H41F2N9O12P2S2. The molecule has 1 aliphatic carbocycles. The fourth-order valence-electron chi connectivity index (χ4n) is 7.08. The maximum absolute atomic E-state index is 16.6. The first-order chi connectivity index (χ1) is 27.7. The number of alkyl halides is 1. The lowest BCUT2D eigenvalue weighted by Gasteiger charge is -2.28. The molecule has 322 valence electrons. The highest BCUT2D eigenvalue weighted by Crippen LogP contribution is 2.56. The summed E-state index contributed by atoms with van der Waals surface area (Å²) in [5, 5.41) is 13.5. The second kappa shape index (κ2) is 16.8. The summed E-state index contributed by atoms with van der Waals surface area (Å²) in [7, 11) is 1.56. The van der Waals surface area contributed by atoms with Gasteiger partial charge in [-0.3, -0.25) is 14.1 Å². The number of rotatable bonds is 7. The monoisotopic (exact) mass is 907 g/mol. The molecule has 7 rings (SSSR count). The minimum atomic E-state index is -4.33. The minimum absolute atomic E-state index is 0.0271. The number of aromatic nitrogens is 7. The number of aliphatic hydroxyl groups excluding tert-OH is 1. The zero-order chi connectivity index (χ0) is 42.6. The molecule has 4 aromatic heterocycles. The first-order valence-electron chi connectivity index (χ1n) is 18.2. The average Bonchev–Trinajstić information content (AvgIpc) is 3.89. The fraction of sp³-hybridized carbons (Fsp3) is 0.594. The third-order valence-corrected chi connectivity index (χ3v) is 12.9. The number of hydrogen-bond donors (Lipinski definition) is 5. The van der Waals surface area contributed by atoms with Crippen molar-refractivity contribution >= 4 is 77.1 Å². The number of amides is 2. The molecule has 3 fully saturated rings. The number of hydrogen-bond acceptors (Lipinski definition) is 16. The lowest BCUT2D eigenvalue weighted by molar-refractivity contribution is -0.116. The number of nitrogens with zero attached hydrogens (tertiary/aromatic N) is 7. The van der Waals surface area contributed by atoms with Crippen LogP contribution in [0.3, 0.4) is 0 Å². The van der Waals surface area contributed by atoms with Crippen LogP contribution in [0.4, 0.5) is 19.4 Å². The number of anilines is 1. The van der Waals surface area contributed by atoms with E-state index in [1.165, 1.54) is 22.1 Å². The van der Waals surface area contributed by atoms with Gasteiger partial charge in [0, 0.05) is 32.1 Å². The van der Waals surface area contributed by atoms with Crippen LogP contribution in [0, 0.1) is 11.7 Å². The van der Waals surface area contributed by atoms with Gasteiger partial charge in [0.1, 0.15) is 47.9 Å². The van der Waals surface area contributed by atoms with Crippen molar-refractivity contribution in [1.29, 1.82) is 0 Å². The standard InChI is InChI=1S/C32H41F2N9O12P2S2/c1-32(2,3)53-31(47)41(4)7-5-6-19(44)40-26-22-28(37-12-35-26)43(14-39-22)17-8-15-10-50-56(48,58)55-25-23(45)18(11-51-57(49,59)54-24(15)21(17)34)52-30(25)42-9-16(33)20-27(42)36-13-38-29(20)46/h9,12-15,17-18,21,23-25,30,45H,5-8,10-11H2,1-4H3,(H,48,58)(H,49,59)(H,36,38,46)(H,35,37,40,44)/t15-,17-,18-,21+,23-,24-,25-,30-,56?,57?/m1/s1. The number of nitrogens with one attached hydrogen (secondary N) is 2. The van der Waals surface area contributed by atoms with Gasteiger partial charge in [0.05, 0.1) is 31.9 Å². The number of aliphatic hydroxyl groups is 1. The normalized spacial score (nSPS) is 31.6. The molecule has 3 aliphatic rings. The van der Waals surface area contributed by atoms with E-state index in [2.05, 4.69) is 30.2 Å². The van der Waals surface area contributed by atoms with Crippen molar-refractivity contribution in [3.63, 3.8) is 0 Å². The molecule has 2 bridgehead atoms. The second-order valence-corrected chi connectivity index (χ2v) is 20.7. The molecule has 21 nitrogen and oxygen atoms in total. The lowest BCUT2D eigenvalue weighted by Crippen LogP contribution is -2.35. The van der Waals surface area contributed by atoms with E-state index in [0.717, 1.165) is 17.1 Å². The summed E-state index contributed by atoms with van der Waals surface area (Å²) in [6, 6.07) is -1.07. The van der Waals surface area contributed by atoms with E-state index in [1.54, 1.807) is 27.8 Å². The van der Waals surface area contributed by atoms with Crippen LogP contribution >= 0.6 is 13.4 Å². The summed E-state index contributed by atoms with van der Waals surface area (Å²) in [4.78, 5) is 80.3. The Hall–Kier alpha value is -3.45. The molecule has 2 aliphatic heterocycles. The first-order valence-corrected chi connectivity index (χ1v) is 23.3. The molecule has 2 unspecified atom stereocenters. The molecule has 27 heteroatoms. The lowest BCUT2D eigenvalue weighted by atomic mass is 10.1. The zero-order valence-corrected chi connectivity index (χ0v) is 35.2. The van der Waals surface area contributed by atoms with Gasteiger partial charge >= 0.3 is 19.5 Å². The van der Waals surface area contributed by atoms with E-state index >= 15 is 4.39 Å². The van der Waals surface area contributed by atoms with Crippen molar-refractivity contribution in [2.24, 2.45) is 5.92 Å². The molecule has 0 radical (unpaired) electrons. The molecule has 2 amide bonds. The van der Waals surface area contributed by atoms with E-state index in [9.17, 15) is 33.7 Å². The van der Waals surface area contributed by atoms with E-state index in [0.29, 0.717) is 6.42 Å². The molecule has 0 aromatic carbocycles. The minimum Gasteiger partial charge on any atom is -0.444 e. The number of carbonyl (C=O) groups is 2. The smallest absolute Gasteiger partial charge is 0.410 e. The van der Waals surface area contributed by atoms with Crippen LogP contribution in [0.15, 0.2) is 30.0 Å². The summed E-state index contributed by atoms with van der Waals surface area (Å²) in [6.45, 7) is -4.27. The first kappa shape index (κ1) is 43.6. The summed E-state index contributed by atoms with van der Waals surface area (Å²) in [6.07, 6.45) is -5.25. The van der Waals surface area contributed by atoms with Gasteiger partial charge in [0.15, 0.2) is 34.7 Å². The van der Waals surface area contributed by atoms with Crippen LogP contribution in [-0.2, 0) is 56.0 Å². The summed E-state index contributed by atoms with van der Waals surface area (Å²) >= 11 is 10.6. The van der Waals surface area contributed by atoms with Crippen molar-refractivity contribution < 1.29 is 60.8 Å². The number of ether oxygens (including phenoxy) is 2. The van der Waals surface area contributed by atoms with E-state index in [4.69, 9.17) is 51.2 Å². The Kier molecular flexibility index (Phi) is 12.4. The Morgan fingerprint density at radius 1 is 1.08 bits per heavy atom. The number of aromatic amines is 1. The topological polar surface area (TPSA) is 260 Å². The van der Waals surface area contributed by atoms with Crippen molar-refractivity contribution in [2.75, 3.05) is 32.1 Å². The zero-order valence-electron chi connectivity index (χ0n) is 31.8. The highest BCUT2D eigenvalue weighted by Gasteiger charge is 2.52. The van der Waals surface area contributed by atoms with E-state index < -0.39 is 110 Å². The van der Waals surface area contributed by atoms with Crippen LogP contribution in [-0.4, -0.2) is 129 Å². The molecule has 6 heterocycles. The highest BCUT2D eigenvalue weighted by molar-refractivity contribution is 8.07. The third-order valence-electron chi connectivity index (χ3n) is 9.79. The van der Waals surface area contributed by atoms with Crippen LogP contribution in [0.5, 0.6) is 0 Å². The van der Waals surface area contributed by atoms with Gasteiger partial charge in [0.25, 0.3) is 5.56 Å². The summed E-state index contributed by atoms with van der Waals surface area (Å²) in [5.74, 6) is -2.27. The molecule has 0 spiro atoms. The van der Waals surface area contributed by atoms with Crippen molar-refractivity contribution in [3.8, 4) is 0 Å². The Bertz CT molecular complexity index is 2400. The summed E-state index contributed by atoms with van der Waals surface area (Å²) in [5.41, 5.74) is -1.34. The molecule has 4 aromatic rings. The van der Waals surface area contributed by atoms with Gasteiger partial charge in [-0.2, -0.15) is 0 Å². The predicted molar refractivity (Wildman–Crippen MR) is 209 cm³/mol. The number of carbonyl (C=O) groups excluding carboxylic acids is 2. The van der Waals surface area contributed by atoms with Crippen LogP contribution < -0.4 is 10.9 Å². The highest BCUT2D eigenvalue weighted by atomic mass is 32.5. The number of fused-ring (bicyclic) bond motifs is 5. The molecular weight excluding hydrogens is 866 g/mol. The van der Waals surface area contributed by atoms with Gasteiger partial charge in [-0.25, -0.2) is 33.5 Å². The largest absolute Gasteiger partial charge is 0.444 e. The Labute approximate surface area is 343 Å². The summed E-state index contributed by atoms with van der Waals surface area (Å²) < 4.78 is 68.1. The number of imidazole rings is 1. The van der Waals surface area contributed by atoms with Crippen molar-refractivity contribution in [2.45, 2.75) is 88.5 Å². The Morgan fingerprint density at radius 3 is 2.53 bits per heavy atom. The maximum atomic E-state index is 16.6. The van der Waals surface area contributed by atoms with Crippen molar-refractivity contribution in [1.82, 2.24) is 39.0 Å². The predicted octanol–water partition coefficient (Wildman–Crippen LogP) is 2.70. The third kappa shape index (κ3) is 9.41. The SMILES string of the molecule is CN(CCCC(=O)Nc1ncnc2c1ncn2[C@@H]1C[C@@H]2COP(O)(=S)O[C@@H]3[C@H](O)[C@@H](COP(O)(=S)O[C@H]2[C@H]1F)O[C@H]3n1cc(F)c2c(=O)[nH]cnc21)C(=O)OC(C)(C)C. The Morgan fingerprint density at radius 2 is 1.80 bits per heavy atom. The Balaban J connectivity index is 1.08. The van der Waals surface area contributed by atoms with Crippen molar-refractivity contribution in [3.05, 3.63) is 41.3 Å². The molecule has 5 N–H and O–H groups in total. The van der Waals surface area contributed by atoms with Crippen LogP contribution in [0.1, 0.15) is 52.3 Å². The van der Waals surface area contributed by atoms with Gasteiger partial charge in [-0.15, -0.1) is 0 Å². The average molecular weight is 908 g/mol. The van der Waals surface area contributed by atoms with Gasteiger partial charge < -0.3 is 62.3 Å². The second-order valence-electron chi connectivity index (χ2n) is 15.1. The van der Waals surface area contributed by atoms with E-state index in [1.807, 2.05) is 0 Å². The fourth-order valence-corrected chi connectivity index (χ4v) is 10.0. The number of halogens is 2. The molecule has 10 atom stereocenters. The van der Waals surface area contributed by atoms with Gasteiger partial charge in [-0.1, -0.05) is 0 Å². The molecule has 2 saturated heterocycles. The van der Waals surface area contributed by atoms with Crippen LogP contribution in [0.2, 0.25) is 0 Å². The number of H-pyrrole nitrogens is 1. The van der Waals surface area contributed by atoms with Crippen LogP contribution in [0.25, 0.3) is 22.2 Å². The van der Waals surface area contributed by atoms with E-state index in [-0.39, 0.29) is 42.0 Å². The maximum Gasteiger partial charge on any atom is 0.410 e.